The molecular weight excluding hydrogens is 300 g/mol. The molecule has 0 unspecified atom stereocenters. The summed E-state index contributed by atoms with van der Waals surface area (Å²) in [6.45, 7) is 4.83. The lowest BCUT2D eigenvalue weighted by atomic mass is 9.75. The van der Waals surface area contributed by atoms with E-state index in [0.29, 0.717) is 0 Å². The van der Waals surface area contributed by atoms with Gasteiger partial charge in [0.1, 0.15) is 0 Å². The van der Waals surface area contributed by atoms with Crippen LogP contribution in [0.15, 0.2) is 24.3 Å². The van der Waals surface area contributed by atoms with Crippen molar-refractivity contribution in [2.45, 2.75) is 44.1 Å². The average molecular weight is 328 g/mol. The first-order valence-corrected chi connectivity index (χ1v) is 8.65. The van der Waals surface area contributed by atoms with Crippen molar-refractivity contribution in [3.63, 3.8) is 0 Å². The van der Waals surface area contributed by atoms with E-state index >= 15 is 0 Å². The van der Waals surface area contributed by atoms with Gasteiger partial charge in [-0.2, -0.15) is 5.10 Å². The third-order valence-electron chi connectivity index (χ3n) is 5.23. The van der Waals surface area contributed by atoms with Crippen LogP contribution in [0.4, 0.5) is 0 Å². The first-order valence-electron chi connectivity index (χ1n) is 8.65. The Hall–Kier alpha value is -1.88. The van der Waals surface area contributed by atoms with Crippen LogP contribution >= 0.6 is 0 Å². The molecule has 0 bridgehead atoms. The Labute approximate surface area is 144 Å². The van der Waals surface area contributed by atoms with Gasteiger partial charge in [0.15, 0.2) is 0 Å². The van der Waals surface area contributed by atoms with Gasteiger partial charge >= 0.3 is 0 Å². The minimum Gasteiger partial charge on any atom is -0.349 e. The maximum atomic E-state index is 13.1. The molecule has 1 saturated carbocycles. The lowest BCUT2D eigenvalue weighted by Gasteiger charge is -2.45. The minimum absolute atomic E-state index is 0.0629. The van der Waals surface area contributed by atoms with E-state index in [1.807, 2.05) is 49.8 Å². The van der Waals surface area contributed by atoms with Crippen molar-refractivity contribution in [1.82, 2.24) is 20.0 Å². The van der Waals surface area contributed by atoms with E-state index in [0.717, 1.165) is 36.0 Å². The molecular formula is C19H28N4O. The summed E-state index contributed by atoms with van der Waals surface area (Å²) in [5, 5.41) is 9.06. The van der Waals surface area contributed by atoms with Crippen LogP contribution in [0, 0.1) is 0 Å². The third kappa shape index (κ3) is 2.81. The van der Waals surface area contributed by atoms with Gasteiger partial charge in [-0.3, -0.25) is 9.48 Å². The highest BCUT2D eigenvalue weighted by atomic mass is 16.2. The highest BCUT2D eigenvalue weighted by molar-refractivity contribution is 5.94. The summed E-state index contributed by atoms with van der Waals surface area (Å²) < 4.78 is 1.86. The molecule has 1 heterocycles. The molecule has 5 nitrogen and oxygen atoms in total. The Bertz CT molecular complexity index is 756. The summed E-state index contributed by atoms with van der Waals surface area (Å²) in [7, 11) is 6.05. The van der Waals surface area contributed by atoms with Crippen LogP contribution in [-0.4, -0.2) is 46.8 Å². The SMILES string of the molecule is CN(C)CC1(NC(=O)C(C)(C)c2nn(C)c3ccccc23)CCC1. The highest BCUT2D eigenvalue weighted by Gasteiger charge is 2.43. The quantitative estimate of drug-likeness (QED) is 0.917. The fourth-order valence-electron chi connectivity index (χ4n) is 3.71. The summed E-state index contributed by atoms with van der Waals surface area (Å²) in [4.78, 5) is 15.3. The maximum Gasteiger partial charge on any atom is 0.232 e. The second-order valence-electron chi connectivity index (χ2n) is 7.94. The normalized spacial score (nSPS) is 17.1. The minimum atomic E-state index is -0.671. The Kier molecular flexibility index (Phi) is 4.16. The molecule has 1 aliphatic rings. The van der Waals surface area contributed by atoms with Gasteiger partial charge in [0.2, 0.25) is 5.91 Å². The van der Waals surface area contributed by atoms with Crippen LogP contribution in [0.25, 0.3) is 10.9 Å². The van der Waals surface area contributed by atoms with Crippen LogP contribution < -0.4 is 5.32 Å². The number of nitrogens with zero attached hydrogens (tertiary/aromatic N) is 3. The molecule has 0 saturated heterocycles. The molecule has 1 aliphatic carbocycles. The first-order chi connectivity index (χ1) is 11.3. The Morgan fingerprint density at radius 1 is 1.33 bits per heavy atom. The zero-order chi connectivity index (χ0) is 17.5. The van der Waals surface area contributed by atoms with E-state index in [-0.39, 0.29) is 11.4 Å². The molecule has 0 spiro atoms. The van der Waals surface area contributed by atoms with Crippen LogP contribution in [-0.2, 0) is 17.3 Å². The van der Waals surface area contributed by atoms with Crippen LogP contribution in [0.3, 0.4) is 0 Å². The van der Waals surface area contributed by atoms with E-state index < -0.39 is 5.41 Å². The number of carbonyl (C=O) groups is 1. The monoisotopic (exact) mass is 328 g/mol. The lowest BCUT2D eigenvalue weighted by molar-refractivity contribution is -0.129. The van der Waals surface area contributed by atoms with E-state index in [1.54, 1.807) is 0 Å². The van der Waals surface area contributed by atoms with Gasteiger partial charge in [0, 0.05) is 19.0 Å². The number of hydrogen-bond donors (Lipinski definition) is 1. The number of benzene rings is 1. The predicted molar refractivity (Wildman–Crippen MR) is 97.0 cm³/mol. The number of aromatic nitrogens is 2. The summed E-state index contributed by atoms with van der Waals surface area (Å²) in [5.41, 5.74) is 1.15. The number of aryl methyl sites for hydroxylation is 1. The molecule has 1 N–H and O–H groups in total. The lowest BCUT2D eigenvalue weighted by Crippen LogP contribution is -2.61. The second kappa shape index (κ2) is 5.88. The van der Waals surface area contributed by atoms with Crippen molar-refractivity contribution in [2.75, 3.05) is 20.6 Å². The zero-order valence-electron chi connectivity index (χ0n) is 15.4. The summed E-state index contributed by atoms with van der Waals surface area (Å²) in [5.74, 6) is 0.0629. The van der Waals surface area contributed by atoms with Crippen LogP contribution in [0.5, 0.6) is 0 Å². The van der Waals surface area contributed by atoms with Crippen molar-refractivity contribution in [1.29, 1.82) is 0 Å². The van der Waals surface area contributed by atoms with Crippen molar-refractivity contribution in [2.24, 2.45) is 7.05 Å². The summed E-state index contributed by atoms with van der Waals surface area (Å²) >= 11 is 0. The molecule has 24 heavy (non-hydrogen) atoms. The van der Waals surface area contributed by atoms with Crippen molar-refractivity contribution < 1.29 is 4.79 Å². The Morgan fingerprint density at radius 2 is 2.00 bits per heavy atom. The average Bonchev–Trinajstić information content (AvgIpc) is 2.83. The van der Waals surface area contributed by atoms with E-state index in [4.69, 9.17) is 0 Å². The molecule has 0 radical (unpaired) electrons. The van der Waals surface area contributed by atoms with Gasteiger partial charge in [-0.05, 0) is 53.3 Å². The standard InChI is InChI=1S/C19H28N4O/c1-18(2,16-14-9-6-7-10-15(14)23(5)21-16)17(24)20-19(11-8-12-19)13-22(3)4/h6-7,9-10H,8,11-13H2,1-5H3,(H,20,24). The van der Waals surface area contributed by atoms with Gasteiger partial charge in [-0.15, -0.1) is 0 Å². The topological polar surface area (TPSA) is 50.2 Å². The van der Waals surface area contributed by atoms with E-state index in [2.05, 4.69) is 29.4 Å². The van der Waals surface area contributed by atoms with Gasteiger partial charge in [-0.1, -0.05) is 18.2 Å². The molecule has 2 aromatic rings. The van der Waals surface area contributed by atoms with Gasteiger partial charge in [0.25, 0.3) is 0 Å². The molecule has 130 valence electrons. The predicted octanol–water partition coefficient (Wildman–Crippen LogP) is 2.45. The number of fused-ring (bicyclic) bond motifs is 1. The number of likely N-dealkylation sites (N-methyl/N-ethyl adjacent to an activating group) is 1. The second-order valence-corrected chi connectivity index (χ2v) is 7.94. The fraction of sp³-hybridized carbons (Fsp3) is 0.579. The van der Waals surface area contributed by atoms with Crippen molar-refractivity contribution in [3.05, 3.63) is 30.0 Å². The Balaban J connectivity index is 1.90. The summed E-state index contributed by atoms with van der Waals surface area (Å²) in [6.07, 6.45) is 3.28. The smallest absolute Gasteiger partial charge is 0.232 e. The molecule has 1 amide bonds. The van der Waals surface area contributed by atoms with Gasteiger partial charge in [-0.25, -0.2) is 0 Å². The molecule has 1 fully saturated rings. The molecule has 0 atom stereocenters. The first kappa shape index (κ1) is 17.0. The zero-order valence-corrected chi connectivity index (χ0v) is 15.4. The molecule has 1 aromatic heterocycles. The molecule has 1 aromatic carbocycles. The van der Waals surface area contributed by atoms with Crippen molar-refractivity contribution in [3.8, 4) is 0 Å². The van der Waals surface area contributed by atoms with Crippen LogP contribution in [0.2, 0.25) is 0 Å². The number of nitrogens with one attached hydrogen (secondary N) is 1. The van der Waals surface area contributed by atoms with Gasteiger partial charge in [0.05, 0.1) is 22.2 Å². The highest BCUT2D eigenvalue weighted by Crippen LogP contribution is 2.35. The fourth-order valence-corrected chi connectivity index (χ4v) is 3.71. The Morgan fingerprint density at radius 3 is 2.58 bits per heavy atom. The summed E-state index contributed by atoms with van der Waals surface area (Å²) in [6, 6.07) is 8.09. The van der Waals surface area contributed by atoms with Gasteiger partial charge < -0.3 is 10.2 Å². The van der Waals surface area contributed by atoms with Crippen molar-refractivity contribution >= 4 is 16.8 Å². The molecule has 0 aliphatic heterocycles. The maximum absolute atomic E-state index is 13.1. The number of carbonyl (C=O) groups excluding carboxylic acids is 1. The number of amides is 1. The van der Waals surface area contributed by atoms with E-state index in [9.17, 15) is 4.79 Å². The molecule has 3 rings (SSSR count). The van der Waals surface area contributed by atoms with E-state index in [1.165, 1.54) is 6.42 Å². The largest absolute Gasteiger partial charge is 0.349 e. The number of rotatable bonds is 5. The number of hydrogen-bond acceptors (Lipinski definition) is 3. The number of para-hydroxylation sites is 1. The molecule has 5 heteroatoms. The third-order valence-corrected chi connectivity index (χ3v) is 5.23. The van der Waals surface area contributed by atoms with Crippen LogP contribution in [0.1, 0.15) is 38.8 Å².